The van der Waals surface area contributed by atoms with Gasteiger partial charge in [-0.2, -0.15) is 0 Å². The topological polar surface area (TPSA) is 35.5 Å². The smallest absolute Gasteiger partial charge is 0.179 e. The Balaban J connectivity index is 1.93. The molecule has 0 radical (unpaired) electrons. The van der Waals surface area contributed by atoms with Crippen LogP contribution in [0, 0.1) is 11.7 Å². The molecule has 104 valence electrons. The predicted molar refractivity (Wildman–Crippen MR) is 75.7 cm³/mol. The molecule has 2 aliphatic rings. The SMILES string of the molecule is Oc1c([C@H](C2CC2)N2CCNCC2)ccc(Br)c1F. The molecule has 1 aromatic carbocycles. The summed E-state index contributed by atoms with van der Waals surface area (Å²) in [5.74, 6) is -0.173. The van der Waals surface area contributed by atoms with E-state index in [1.165, 1.54) is 12.8 Å². The molecule has 3 nitrogen and oxygen atoms in total. The molecule has 1 heterocycles. The van der Waals surface area contributed by atoms with E-state index in [2.05, 4.69) is 26.1 Å². The van der Waals surface area contributed by atoms with E-state index in [1.807, 2.05) is 6.07 Å². The summed E-state index contributed by atoms with van der Waals surface area (Å²) in [7, 11) is 0. The van der Waals surface area contributed by atoms with Crippen molar-refractivity contribution in [2.45, 2.75) is 18.9 Å². The normalized spacial score (nSPS) is 22.4. The zero-order valence-electron chi connectivity index (χ0n) is 10.7. The van der Waals surface area contributed by atoms with Crippen LogP contribution in [-0.2, 0) is 0 Å². The van der Waals surface area contributed by atoms with Gasteiger partial charge < -0.3 is 10.4 Å². The van der Waals surface area contributed by atoms with Crippen LogP contribution in [0.15, 0.2) is 16.6 Å². The van der Waals surface area contributed by atoms with Crippen LogP contribution in [0.25, 0.3) is 0 Å². The Bertz CT molecular complexity index is 473. The number of nitrogens with zero attached hydrogens (tertiary/aromatic N) is 1. The lowest BCUT2D eigenvalue weighted by Gasteiger charge is -2.35. The number of piperazine rings is 1. The Kier molecular flexibility index (Phi) is 3.78. The van der Waals surface area contributed by atoms with Crippen molar-refractivity contribution in [3.05, 3.63) is 28.0 Å². The van der Waals surface area contributed by atoms with Gasteiger partial charge in [0.05, 0.1) is 4.47 Å². The highest BCUT2D eigenvalue weighted by atomic mass is 79.9. The van der Waals surface area contributed by atoms with E-state index in [9.17, 15) is 9.50 Å². The van der Waals surface area contributed by atoms with Crippen molar-refractivity contribution in [1.29, 1.82) is 0 Å². The molecule has 1 aliphatic carbocycles. The number of hydrogen-bond donors (Lipinski definition) is 2. The molecule has 1 saturated heterocycles. The molecule has 0 aromatic heterocycles. The monoisotopic (exact) mass is 328 g/mol. The summed E-state index contributed by atoms with van der Waals surface area (Å²) in [6, 6.07) is 3.71. The van der Waals surface area contributed by atoms with Crippen LogP contribution in [0.1, 0.15) is 24.4 Å². The van der Waals surface area contributed by atoms with Crippen LogP contribution in [-0.4, -0.2) is 36.2 Å². The summed E-state index contributed by atoms with van der Waals surface area (Å²) < 4.78 is 14.2. The van der Waals surface area contributed by atoms with Gasteiger partial charge in [-0.1, -0.05) is 6.07 Å². The van der Waals surface area contributed by atoms with Gasteiger partial charge in [-0.3, -0.25) is 4.90 Å². The quantitative estimate of drug-likeness (QED) is 0.895. The number of phenols is 1. The molecule has 2 fully saturated rings. The second kappa shape index (κ2) is 5.38. The lowest BCUT2D eigenvalue weighted by molar-refractivity contribution is 0.153. The van der Waals surface area contributed by atoms with Crippen LogP contribution in [0.2, 0.25) is 0 Å². The molecule has 0 amide bonds. The molecule has 1 aromatic rings. The van der Waals surface area contributed by atoms with Gasteiger partial charge in [-0.15, -0.1) is 0 Å². The fraction of sp³-hybridized carbons (Fsp3) is 0.571. The van der Waals surface area contributed by atoms with E-state index < -0.39 is 5.82 Å². The molecular weight excluding hydrogens is 311 g/mol. The van der Waals surface area contributed by atoms with Gasteiger partial charge in [-0.05, 0) is 40.8 Å². The van der Waals surface area contributed by atoms with Gasteiger partial charge in [0, 0.05) is 37.8 Å². The van der Waals surface area contributed by atoms with Gasteiger partial charge >= 0.3 is 0 Å². The highest BCUT2D eigenvalue weighted by molar-refractivity contribution is 9.10. The minimum absolute atomic E-state index is 0.157. The summed E-state index contributed by atoms with van der Waals surface area (Å²) in [6.45, 7) is 3.84. The second-order valence-corrected chi connectivity index (χ2v) is 6.22. The van der Waals surface area contributed by atoms with Crippen molar-refractivity contribution in [3.8, 4) is 5.75 Å². The van der Waals surface area contributed by atoms with Crippen molar-refractivity contribution in [2.75, 3.05) is 26.2 Å². The first-order valence-corrected chi connectivity index (χ1v) is 7.59. The average Bonchev–Trinajstić information content (AvgIpc) is 3.25. The molecule has 5 heteroatoms. The molecule has 2 N–H and O–H groups in total. The number of halogens is 2. The molecule has 3 rings (SSSR count). The molecule has 0 unspecified atom stereocenters. The minimum atomic E-state index is -0.543. The zero-order chi connectivity index (χ0) is 13.4. The van der Waals surface area contributed by atoms with Crippen LogP contribution < -0.4 is 5.32 Å². The summed E-state index contributed by atoms with van der Waals surface area (Å²) in [5.41, 5.74) is 0.741. The fourth-order valence-corrected chi connectivity index (χ4v) is 3.23. The third-order valence-corrected chi connectivity index (χ3v) is 4.64. The van der Waals surface area contributed by atoms with E-state index in [0.29, 0.717) is 10.4 Å². The second-order valence-electron chi connectivity index (χ2n) is 5.37. The minimum Gasteiger partial charge on any atom is -0.505 e. The lowest BCUT2D eigenvalue weighted by atomic mass is 9.98. The van der Waals surface area contributed by atoms with Crippen LogP contribution in [0.4, 0.5) is 4.39 Å². The maximum absolute atomic E-state index is 13.9. The molecule has 0 spiro atoms. The third kappa shape index (κ3) is 2.64. The van der Waals surface area contributed by atoms with Crippen molar-refractivity contribution in [1.82, 2.24) is 10.2 Å². The molecular formula is C14H18BrFN2O. The van der Waals surface area contributed by atoms with E-state index in [-0.39, 0.29) is 11.8 Å². The van der Waals surface area contributed by atoms with E-state index >= 15 is 0 Å². The molecule has 1 aliphatic heterocycles. The van der Waals surface area contributed by atoms with Crippen molar-refractivity contribution in [2.24, 2.45) is 5.92 Å². The van der Waals surface area contributed by atoms with Crippen molar-refractivity contribution in [3.63, 3.8) is 0 Å². The molecule has 0 bridgehead atoms. The molecule has 19 heavy (non-hydrogen) atoms. The number of hydrogen-bond acceptors (Lipinski definition) is 3. The average molecular weight is 329 g/mol. The van der Waals surface area contributed by atoms with Crippen molar-refractivity contribution >= 4 is 15.9 Å². The van der Waals surface area contributed by atoms with Gasteiger partial charge in [0.2, 0.25) is 0 Å². The predicted octanol–water partition coefficient (Wildman–Crippen LogP) is 2.65. The summed E-state index contributed by atoms with van der Waals surface area (Å²) >= 11 is 3.12. The number of benzene rings is 1. The first kappa shape index (κ1) is 13.3. The standard InChI is InChI=1S/C14H18BrFN2O/c15-11-4-3-10(14(19)12(11)16)13(9-1-2-9)18-7-5-17-6-8-18/h3-4,9,13,17,19H,1-2,5-8H2/t13-/m0/s1. The maximum Gasteiger partial charge on any atom is 0.179 e. The molecule has 1 saturated carbocycles. The maximum atomic E-state index is 13.9. The first-order valence-electron chi connectivity index (χ1n) is 6.80. The van der Waals surface area contributed by atoms with E-state index in [0.717, 1.165) is 31.7 Å². The highest BCUT2D eigenvalue weighted by Gasteiger charge is 2.38. The van der Waals surface area contributed by atoms with Gasteiger partial charge in [0.1, 0.15) is 0 Å². The Morgan fingerprint density at radius 3 is 2.63 bits per heavy atom. The van der Waals surface area contributed by atoms with Gasteiger partial charge in [0.25, 0.3) is 0 Å². The Labute approximate surface area is 120 Å². The van der Waals surface area contributed by atoms with Crippen LogP contribution in [0.5, 0.6) is 5.75 Å². The largest absolute Gasteiger partial charge is 0.505 e. The van der Waals surface area contributed by atoms with Gasteiger partial charge in [-0.25, -0.2) is 4.39 Å². The van der Waals surface area contributed by atoms with E-state index in [1.54, 1.807) is 6.07 Å². The number of aromatic hydroxyl groups is 1. The lowest BCUT2D eigenvalue weighted by Crippen LogP contribution is -2.45. The summed E-state index contributed by atoms with van der Waals surface area (Å²) in [5, 5.41) is 13.4. The Hall–Kier alpha value is -0.650. The first-order chi connectivity index (χ1) is 9.18. The van der Waals surface area contributed by atoms with Gasteiger partial charge in [0.15, 0.2) is 11.6 Å². The van der Waals surface area contributed by atoms with Crippen LogP contribution >= 0.6 is 15.9 Å². The third-order valence-electron chi connectivity index (χ3n) is 4.03. The summed E-state index contributed by atoms with van der Waals surface area (Å²) in [6.07, 6.45) is 2.34. The fourth-order valence-electron chi connectivity index (χ4n) is 2.91. The van der Waals surface area contributed by atoms with Crippen molar-refractivity contribution < 1.29 is 9.50 Å². The van der Waals surface area contributed by atoms with Crippen LogP contribution in [0.3, 0.4) is 0 Å². The number of phenolic OH excluding ortho intramolecular Hbond substituents is 1. The Morgan fingerprint density at radius 2 is 2.00 bits per heavy atom. The summed E-state index contributed by atoms with van der Waals surface area (Å²) in [4.78, 5) is 2.37. The number of nitrogens with one attached hydrogen (secondary N) is 1. The number of rotatable bonds is 3. The van der Waals surface area contributed by atoms with E-state index in [4.69, 9.17) is 0 Å². The highest BCUT2D eigenvalue weighted by Crippen LogP contribution is 2.47. The Morgan fingerprint density at radius 1 is 1.32 bits per heavy atom. The zero-order valence-corrected chi connectivity index (χ0v) is 12.3. The molecule has 1 atom stereocenters.